The fourth-order valence-electron chi connectivity index (χ4n) is 1.82. The smallest absolute Gasteiger partial charge is 0.0761 e. The molecule has 2 nitrogen and oxygen atoms in total. The third kappa shape index (κ3) is 2.41. The Morgan fingerprint density at radius 1 is 1.47 bits per heavy atom. The van der Waals surface area contributed by atoms with Gasteiger partial charge in [-0.1, -0.05) is 28.1 Å². The number of halogens is 1. The monoisotopic (exact) mass is 269 g/mol. The van der Waals surface area contributed by atoms with E-state index < -0.39 is 6.10 Å². The molecule has 2 atom stereocenters. The third-order valence-electron chi connectivity index (χ3n) is 2.99. The second-order valence-corrected chi connectivity index (χ2v) is 5.23. The summed E-state index contributed by atoms with van der Waals surface area (Å²) in [4.78, 5) is 0. The molecule has 82 valence electrons. The Morgan fingerprint density at radius 2 is 2.13 bits per heavy atom. The molecule has 0 saturated heterocycles. The van der Waals surface area contributed by atoms with E-state index in [1.165, 1.54) is 5.56 Å². The highest BCUT2D eigenvalue weighted by atomic mass is 79.9. The average molecular weight is 270 g/mol. The van der Waals surface area contributed by atoms with Crippen LogP contribution in [0.1, 0.15) is 30.0 Å². The van der Waals surface area contributed by atoms with Crippen molar-refractivity contribution in [2.24, 2.45) is 11.7 Å². The summed E-state index contributed by atoms with van der Waals surface area (Å²) in [5.74, 6) is 0.410. The van der Waals surface area contributed by atoms with E-state index in [9.17, 15) is 5.11 Å². The molecule has 1 saturated carbocycles. The molecule has 0 amide bonds. The summed E-state index contributed by atoms with van der Waals surface area (Å²) in [7, 11) is 0. The summed E-state index contributed by atoms with van der Waals surface area (Å²) in [6, 6.07) is 5.79. The molecule has 1 aliphatic rings. The maximum Gasteiger partial charge on any atom is 0.0761 e. The second-order valence-electron chi connectivity index (χ2n) is 4.38. The number of nitrogens with two attached hydrogens (primary N) is 1. The molecule has 0 bridgehead atoms. The first kappa shape index (κ1) is 11.1. The standard InChI is InChI=1S/C12H16BrNO/c1-7-2-5-9(10(13)6-7)11(14)12(15)8-3-4-8/h2,5-6,8,11-12,15H,3-4,14H2,1H3/t11-,12+/m1/s1. The lowest BCUT2D eigenvalue weighted by Gasteiger charge is -2.20. The zero-order valence-corrected chi connectivity index (χ0v) is 10.4. The van der Waals surface area contributed by atoms with Crippen LogP contribution in [0.2, 0.25) is 0 Å². The van der Waals surface area contributed by atoms with Gasteiger partial charge in [0.2, 0.25) is 0 Å². The Balaban J connectivity index is 2.20. The first-order valence-electron chi connectivity index (χ1n) is 5.29. The summed E-state index contributed by atoms with van der Waals surface area (Å²) in [6.45, 7) is 2.04. The van der Waals surface area contributed by atoms with Gasteiger partial charge in [-0.05, 0) is 42.9 Å². The Kier molecular flexibility index (Phi) is 3.14. The number of aliphatic hydroxyl groups excluding tert-OH is 1. The average Bonchev–Trinajstić information content (AvgIpc) is 2.99. The van der Waals surface area contributed by atoms with Crippen LogP contribution in [-0.2, 0) is 0 Å². The quantitative estimate of drug-likeness (QED) is 0.886. The lowest BCUT2D eigenvalue weighted by molar-refractivity contribution is 0.122. The normalized spacial score (nSPS) is 20.0. The van der Waals surface area contributed by atoms with Gasteiger partial charge in [-0.3, -0.25) is 0 Å². The van der Waals surface area contributed by atoms with Crippen molar-refractivity contribution in [1.82, 2.24) is 0 Å². The maximum absolute atomic E-state index is 9.96. The highest BCUT2D eigenvalue weighted by Crippen LogP contribution is 2.38. The molecule has 1 aromatic carbocycles. The molecular formula is C12H16BrNO. The molecule has 0 heterocycles. The van der Waals surface area contributed by atoms with E-state index in [1.54, 1.807) is 0 Å². The van der Waals surface area contributed by atoms with Crippen molar-refractivity contribution in [3.8, 4) is 0 Å². The van der Waals surface area contributed by atoms with Crippen molar-refractivity contribution in [3.05, 3.63) is 33.8 Å². The van der Waals surface area contributed by atoms with Crippen molar-refractivity contribution in [2.75, 3.05) is 0 Å². The number of aliphatic hydroxyl groups is 1. The minimum Gasteiger partial charge on any atom is -0.391 e. The molecule has 0 aromatic heterocycles. The molecular weight excluding hydrogens is 254 g/mol. The molecule has 3 N–H and O–H groups in total. The Hall–Kier alpha value is -0.380. The predicted octanol–water partition coefficient (Wildman–Crippen LogP) is 2.53. The van der Waals surface area contributed by atoms with Gasteiger partial charge in [0.25, 0.3) is 0 Å². The highest BCUT2D eigenvalue weighted by Gasteiger charge is 2.34. The molecule has 1 aliphatic carbocycles. The molecule has 0 spiro atoms. The maximum atomic E-state index is 9.96. The van der Waals surface area contributed by atoms with Gasteiger partial charge in [-0.15, -0.1) is 0 Å². The van der Waals surface area contributed by atoms with Crippen LogP contribution < -0.4 is 5.73 Å². The van der Waals surface area contributed by atoms with Gasteiger partial charge < -0.3 is 10.8 Å². The summed E-state index contributed by atoms with van der Waals surface area (Å²) < 4.78 is 0.995. The van der Waals surface area contributed by atoms with Crippen molar-refractivity contribution in [1.29, 1.82) is 0 Å². The van der Waals surface area contributed by atoms with E-state index in [4.69, 9.17) is 5.73 Å². The Bertz CT molecular complexity index is 363. The van der Waals surface area contributed by atoms with E-state index >= 15 is 0 Å². The fraction of sp³-hybridized carbons (Fsp3) is 0.500. The summed E-state index contributed by atoms with van der Waals surface area (Å²) in [5.41, 5.74) is 8.24. The van der Waals surface area contributed by atoms with Crippen LogP contribution in [0.3, 0.4) is 0 Å². The number of hydrogen-bond donors (Lipinski definition) is 2. The van der Waals surface area contributed by atoms with Crippen molar-refractivity contribution >= 4 is 15.9 Å². The van der Waals surface area contributed by atoms with E-state index in [0.717, 1.165) is 22.9 Å². The predicted molar refractivity (Wildman–Crippen MR) is 64.5 cm³/mol. The van der Waals surface area contributed by atoms with Gasteiger partial charge in [-0.25, -0.2) is 0 Å². The minimum atomic E-state index is -0.399. The molecule has 0 aliphatic heterocycles. The van der Waals surface area contributed by atoms with Gasteiger partial charge in [0.1, 0.15) is 0 Å². The first-order chi connectivity index (χ1) is 7.09. The lowest BCUT2D eigenvalue weighted by Crippen LogP contribution is -2.28. The number of benzene rings is 1. The Morgan fingerprint density at radius 3 is 2.67 bits per heavy atom. The molecule has 15 heavy (non-hydrogen) atoms. The van der Waals surface area contributed by atoms with Crippen LogP contribution >= 0.6 is 15.9 Å². The fourth-order valence-corrected chi connectivity index (χ4v) is 2.58. The van der Waals surface area contributed by atoms with E-state index in [2.05, 4.69) is 15.9 Å². The van der Waals surface area contributed by atoms with Gasteiger partial charge in [0.15, 0.2) is 0 Å². The lowest BCUT2D eigenvalue weighted by atomic mass is 9.98. The third-order valence-corrected chi connectivity index (χ3v) is 3.67. The summed E-state index contributed by atoms with van der Waals surface area (Å²) in [5, 5.41) is 9.96. The first-order valence-corrected chi connectivity index (χ1v) is 6.08. The second kappa shape index (κ2) is 4.24. The van der Waals surface area contributed by atoms with E-state index in [1.807, 2.05) is 25.1 Å². The summed E-state index contributed by atoms with van der Waals surface area (Å²) in [6.07, 6.45) is 1.82. The molecule has 1 aromatic rings. The van der Waals surface area contributed by atoms with Crippen LogP contribution in [0.5, 0.6) is 0 Å². The van der Waals surface area contributed by atoms with Crippen molar-refractivity contribution in [3.63, 3.8) is 0 Å². The SMILES string of the molecule is Cc1ccc([C@@H](N)[C@@H](O)C2CC2)c(Br)c1. The van der Waals surface area contributed by atoms with Crippen LogP contribution in [0.15, 0.2) is 22.7 Å². The number of aryl methyl sites for hydroxylation is 1. The van der Waals surface area contributed by atoms with Crippen LogP contribution in [0, 0.1) is 12.8 Å². The van der Waals surface area contributed by atoms with E-state index in [-0.39, 0.29) is 6.04 Å². The Labute approximate surface area is 98.6 Å². The molecule has 0 radical (unpaired) electrons. The van der Waals surface area contributed by atoms with E-state index in [0.29, 0.717) is 5.92 Å². The molecule has 2 rings (SSSR count). The van der Waals surface area contributed by atoms with Gasteiger partial charge in [0, 0.05) is 4.47 Å². The van der Waals surface area contributed by atoms with Crippen molar-refractivity contribution in [2.45, 2.75) is 31.9 Å². The topological polar surface area (TPSA) is 46.2 Å². The van der Waals surface area contributed by atoms with Gasteiger partial charge in [-0.2, -0.15) is 0 Å². The summed E-state index contributed by atoms with van der Waals surface area (Å²) >= 11 is 3.49. The van der Waals surface area contributed by atoms with Crippen molar-refractivity contribution < 1.29 is 5.11 Å². The molecule has 1 fully saturated rings. The molecule has 3 heteroatoms. The van der Waals surface area contributed by atoms with Crippen LogP contribution in [0.4, 0.5) is 0 Å². The van der Waals surface area contributed by atoms with Crippen LogP contribution in [0.25, 0.3) is 0 Å². The van der Waals surface area contributed by atoms with Gasteiger partial charge in [0.05, 0.1) is 12.1 Å². The van der Waals surface area contributed by atoms with Crippen LogP contribution in [-0.4, -0.2) is 11.2 Å². The minimum absolute atomic E-state index is 0.271. The number of rotatable bonds is 3. The largest absolute Gasteiger partial charge is 0.391 e. The zero-order chi connectivity index (χ0) is 11.0. The van der Waals surface area contributed by atoms with Gasteiger partial charge >= 0.3 is 0 Å². The molecule has 0 unspecified atom stereocenters. The zero-order valence-electron chi connectivity index (χ0n) is 8.78. The number of hydrogen-bond acceptors (Lipinski definition) is 2. The highest BCUT2D eigenvalue weighted by molar-refractivity contribution is 9.10.